The van der Waals surface area contributed by atoms with Gasteiger partial charge in [-0.15, -0.1) is 0 Å². The molecule has 0 aromatic carbocycles. The second-order valence-electron chi connectivity index (χ2n) is 5.97. The molecule has 1 aromatic heterocycles. The molecule has 1 fully saturated rings. The third-order valence-corrected chi connectivity index (χ3v) is 3.91. The lowest BCUT2D eigenvalue weighted by Crippen LogP contribution is -2.41. The molecule has 0 amide bonds. The first-order chi connectivity index (χ1) is 8.64. The molecule has 6 heteroatoms. The molecule has 0 bridgehead atoms. The van der Waals surface area contributed by atoms with Crippen LogP contribution in [0.2, 0.25) is 0 Å². The van der Waals surface area contributed by atoms with E-state index >= 15 is 0 Å². The zero-order chi connectivity index (χ0) is 14.4. The SMILES string of the molecule is CC(O)c1ccc(N)nc1B1OC(C)(C)C(C)(C)O1. The highest BCUT2D eigenvalue weighted by molar-refractivity contribution is 6.61. The predicted octanol–water partition coefficient (Wildman–Crippen LogP) is 1.02. The first-order valence-corrected chi connectivity index (χ1v) is 6.44. The van der Waals surface area contributed by atoms with Crippen LogP contribution in [0.4, 0.5) is 5.82 Å². The van der Waals surface area contributed by atoms with Crippen LogP contribution >= 0.6 is 0 Å². The molecule has 2 rings (SSSR count). The molecule has 104 valence electrons. The Balaban J connectivity index is 2.41. The average Bonchev–Trinajstić information content (AvgIpc) is 2.47. The van der Waals surface area contributed by atoms with Crippen LogP contribution in [0.3, 0.4) is 0 Å². The summed E-state index contributed by atoms with van der Waals surface area (Å²) in [5, 5.41) is 9.82. The van der Waals surface area contributed by atoms with Gasteiger partial charge >= 0.3 is 7.12 Å². The number of nitrogens with zero attached hydrogens (tertiary/aromatic N) is 1. The lowest BCUT2D eigenvalue weighted by Gasteiger charge is -2.32. The monoisotopic (exact) mass is 264 g/mol. The maximum absolute atomic E-state index is 9.82. The molecule has 1 saturated heterocycles. The van der Waals surface area contributed by atoms with Crippen molar-refractivity contribution in [3.05, 3.63) is 17.7 Å². The Hall–Kier alpha value is -1.11. The van der Waals surface area contributed by atoms with Gasteiger partial charge in [-0.05, 0) is 46.2 Å². The van der Waals surface area contributed by atoms with E-state index in [1.807, 2.05) is 27.7 Å². The molecule has 0 saturated carbocycles. The standard InChI is InChI=1S/C13H21BN2O3/c1-8(17)9-6-7-10(15)16-11(9)14-18-12(2,3)13(4,5)19-14/h6-8,17H,1-5H3,(H2,15,16). The molecule has 1 aromatic rings. The van der Waals surface area contributed by atoms with Gasteiger partial charge in [0.15, 0.2) is 0 Å². The molecule has 0 aliphatic carbocycles. The molecular weight excluding hydrogens is 243 g/mol. The fourth-order valence-corrected chi connectivity index (χ4v) is 2.00. The first-order valence-electron chi connectivity index (χ1n) is 6.44. The second kappa shape index (κ2) is 4.47. The maximum atomic E-state index is 9.82. The van der Waals surface area contributed by atoms with Crippen LogP contribution in [-0.2, 0) is 9.31 Å². The van der Waals surface area contributed by atoms with E-state index in [-0.39, 0.29) is 0 Å². The Morgan fingerprint density at radius 3 is 2.21 bits per heavy atom. The van der Waals surface area contributed by atoms with Crippen LogP contribution in [0.15, 0.2) is 12.1 Å². The van der Waals surface area contributed by atoms with Gasteiger partial charge in [-0.1, -0.05) is 6.07 Å². The summed E-state index contributed by atoms with van der Waals surface area (Å²) in [6.07, 6.45) is -0.651. The predicted molar refractivity (Wildman–Crippen MR) is 75.0 cm³/mol. The van der Waals surface area contributed by atoms with Crippen molar-refractivity contribution in [2.45, 2.75) is 51.9 Å². The molecule has 3 N–H and O–H groups in total. The van der Waals surface area contributed by atoms with Crippen molar-refractivity contribution in [2.24, 2.45) is 0 Å². The van der Waals surface area contributed by atoms with Crippen LogP contribution < -0.4 is 11.3 Å². The molecule has 1 unspecified atom stereocenters. The quantitative estimate of drug-likeness (QED) is 0.780. The van der Waals surface area contributed by atoms with Crippen molar-refractivity contribution < 1.29 is 14.4 Å². The summed E-state index contributed by atoms with van der Waals surface area (Å²) in [5.41, 5.74) is 6.06. The Morgan fingerprint density at radius 1 is 1.21 bits per heavy atom. The molecule has 1 atom stereocenters. The van der Waals surface area contributed by atoms with E-state index in [1.165, 1.54) is 0 Å². The van der Waals surface area contributed by atoms with Gasteiger partial charge < -0.3 is 20.1 Å². The van der Waals surface area contributed by atoms with Crippen molar-refractivity contribution in [1.82, 2.24) is 4.98 Å². The summed E-state index contributed by atoms with van der Waals surface area (Å²) in [7, 11) is -0.613. The minimum absolute atomic E-state index is 0.383. The van der Waals surface area contributed by atoms with E-state index in [2.05, 4.69) is 4.98 Å². The Morgan fingerprint density at radius 2 is 1.74 bits per heavy atom. The number of rotatable bonds is 2. The number of pyridine rings is 1. The van der Waals surface area contributed by atoms with E-state index < -0.39 is 24.4 Å². The Kier molecular flexibility index (Phi) is 3.37. The minimum Gasteiger partial charge on any atom is -0.398 e. The molecule has 0 radical (unpaired) electrons. The zero-order valence-corrected chi connectivity index (χ0v) is 12.1. The van der Waals surface area contributed by atoms with Gasteiger partial charge in [0.2, 0.25) is 0 Å². The number of anilines is 1. The van der Waals surface area contributed by atoms with E-state index in [1.54, 1.807) is 19.1 Å². The fourth-order valence-electron chi connectivity index (χ4n) is 2.00. The highest BCUT2D eigenvalue weighted by Crippen LogP contribution is 2.36. The number of nitrogens with two attached hydrogens (primary N) is 1. The van der Waals surface area contributed by atoms with Crippen molar-refractivity contribution in [3.63, 3.8) is 0 Å². The van der Waals surface area contributed by atoms with Crippen LogP contribution in [-0.4, -0.2) is 28.4 Å². The van der Waals surface area contributed by atoms with E-state index in [0.717, 1.165) is 0 Å². The molecule has 19 heavy (non-hydrogen) atoms. The molecule has 1 aliphatic rings. The number of nitrogen functional groups attached to an aromatic ring is 1. The zero-order valence-electron chi connectivity index (χ0n) is 12.1. The second-order valence-corrected chi connectivity index (χ2v) is 5.97. The highest BCUT2D eigenvalue weighted by Gasteiger charge is 2.53. The van der Waals surface area contributed by atoms with Crippen LogP contribution in [0.1, 0.15) is 46.3 Å². The lowest BCUT2D eigenvalue weighted by molar-refractivity contribution is 0.00578. The summed E-state index contributed by atoms with van der Waals surface area (Å²) in [6.45, 7) is 9.58. The van der Waals surface area contributed by atoms with Crippen molar-refractivity contribution in [3.8, 4) is 0 Å². The molecule has 5 nitrogen and oxygen atoms in total. The molecule has 0 spiro atoms. The van der Waals surface area contributed by atoms with Crippen LogP contribution in [0.25, 0.3) is 0 Å². The topological polar surface area (TPSA) is 77.6 Å². The Bertz CT molecular complexity index is 473. The van der Waals surface area contributed by atoms with Gasteiger partial charge in [0, 0.05) is 0 Å². The van der Waals surface area contributed by atoms with Gasteiger partial charge in [-0.25, -0.2) is 4.98 Å². The van der Waals surface area contributed by atoms with Gasteiger partial charge in [-0.3, -0.25) is 0 Å². The van der Waals surface area contributed by atoms with E-state index in [9.17, 15) is 5.11 Å². The third kappa shape index (κ3) is 2.48. The van der Waals surface area contributed by atoms with Crippen molar-refractivity contribution in [1.29, 1.82) is 0 Å². The fraction of sp³-hybridized carbons (Fsp3) is 0.615. The van der Waals surface area contributed by atoms with Gasteiger partial charge in [0.1, 0.15) is 5.82 Å². The van der Waals surface area contributed by atoms with E-state index in [0.29, 0.717) is 17.0 Å². The summed E-state index contributed by atoms with van der Waals surface area (Å²) in [6, 6.07) is 3.42. The summed E-state index contributed by atoms with van der Waals surface area (Å²) in [4.78, 5) is 4.28. The van der Waals surface area contributed by atoms with E-state index in [4.69, 9.17) is 15.0 Å². The number of hydrogen-bond donors (Lipinski definition) is 2. The van der Waals surface area contributed by atoms with Crippen LogP contribution in [0, 0.1) is 0 Å². The smallest absolute Gasteiger partial charge is 0.398 e. The average molecular weight is 264 g/mol. The molecule has 2 heterocycles. The normalized spacial score (nSPS) is 22.5. The van der Waals surface area contributed by atoms with Gasteiger partial charge in [0.05, 0.1) is 22.9 Å². The maximum Gasteiger partial charge on any atom is 0.515 e. The third-order valence-electron chi connectivity index (χ3n) is 3.91. The number of hydrogen-bond acceptors (Lipinski definition) is 5. The lowest BCUT2D eigenvalue weighted by atomic mass is 9.79. The minimum atomic E-state index is -0.651. The van der Waals surface area contributed by atoms with Crippen LogP contribution in [0.5, 0.6) is 0 Å². The number of aromatic nitrogens is 1. The first kappa shape index (κ1) is 14.3. The largest absolute Gasteiger partial charge is 0.515 e. The summed E-state index contributed by atoms with van der Waals surface area (Å²) < 4.78 is 11.9. The summed E-state index contributed by atoms with van der Waals surface area (Å²) in [5.74, 6) is 0.383. The van der Waals surface area contributed by atoms with Gasteiger partial charge in [0.25, 0.3) is 0 Å². The number of aliphatic hydroxyl groups is 1. The highest BCUT2D eigenvalue weighted by atomic mass is 16.7. The molecule has 1 aliphatic heterocycles. The Labute approximate surface area is 114 Å². The molecular formula is C13H21BN2O3. The number of aliphatic hydroxyl groups excluding tert-OH is 1. The van der Waals surface area contributed by atoms with Crippen molar-refractivity contribution in [2.75, 3.05) is 5.73 Å². The summed E-state index contributed by atoms with van der Waals surface area (Å²) >= 11 is 0. The van der Waals surface area contributed by atoms with Gasteiger partial charge in [-0.2, -0.15) is 0 Å². The van der Waals surface area contributed by atoms with Crippen molar-refractivity contribution >= 4 is 18.5 Å².